The van der Waals surface area contributed by atoms with Crippen molar-refractivity contribution < 1.29 is 17.6 Å². The second-order valence-corrected chi connectivity index (χ2v) is 5.70. The summed E-state index contributed by atoms with van der Waals surface area (Å²) in [7, 11) is 0. The third-order valence-corrected chi connectivity index (χ3v) is 3.79. The maximum absolute atomic E-state index is 13.3. The summed E-state index contributed by atoms with van der Waals surface area (Å²) in [4.78, 5) is 0. The van der Waals surface area contributed by atoms with E-state index in [-0.39, 0.29) is 5.56 Å². The zero-order valence-electron chi connectivity index (χ0n) is 10.4. The van der Waals surface area contributed by atoms with E-state index in [9.17, 15) is 17.6 Å². The molecule has 0 spiro atoms. The largest absolute Gasteiger partial charge is 0.419 e. The van der Waals surface area contributed by atoms with Crippen LogP contribution in [0.2, 0.25) is 5.02 Å². The third-order valence-electron chi connectivity index (χ3n) is 2.95. The van der Waals surface area contributed by atoms with E-state index in [4.69, 9.17) is 17.3 Å². The van der Waals surface area contributed by atoms with Gasteiger partial charge in [-0.1, -0.05) is 33.6 Å². The molecule has 21 heavy (non-hydrogen) atoms. The molecule has 2 rings (SSSR count). The molecule has 1 unspecified atom stereocenters. The molecule has 0 aliphatic heterocycles. The van der Waals surface area contributed by atoms with E-state index >= 15 is 0 Å². The SMILES string of the molecule is NC(c1ccc(F)c(C(F)(F)F)c1)c1cc(Br)ccc1Cl. The molecule has 0 fully saturated rings. The van der Waals surface area contributed by atoms with Crippen molar-refractivity contribution in [1.82, 2.24) is 0 Å². The van der Waals surface area contributed by atoms with Crippen LogP contribution in [0.15, 0.2) is 40.9 Å². The van der Waals surface area contributed by atoms with Gasteiger partial charge in [0.15, 0.2) is 0 Å². The Morgan fingerprint density at radius 2 is 1.76 bits per heavy atom. The zero-order chi connectivity index (χ0) is 15.8. The van der Waals surface area contributed by atoms with Gasteiger partial charge in [-0.2, -0.15) is 13.2 Å². The Balaban J connectivity index is 2.49. The van der Waals surface area contributed by atoms with E-state index in [1.807, 2.05) is 0 Å². The van der Waals surface area contributed by atoms with E-state index in [2.05, 4.69) is 15.9 Å². The Bertz CT molecular complexity index is 673. The third kappa shape index (κ3) is 3.56. The lowest BCUT2D eigenvalue weighted by atomic mass is 9.97. The molecular formula is C14H9BrClF4N. The lowest BCUT2D eigenvalue weighted by Crippen LogP contribution is -2.15. The van der Waals surface area contributed by atoms with Crippen molar-refractivity contribution in [2.45, 2.75) is 12.2 Å². The van der Waals surface area contributed by atoms with E-state index < -0.39 is 23.6 Å². The Morgan fingerprint density at radius 3 is 2.38 bits per heavy atom. The Morgan fingerprint density at radius 1 is 1.10 bits per heavy atom. The Hall–Kier alpha value is -1.11. The van der Waals surface area contributed by atoms with Gasteiger partial charge in [0, 0.05) is 9.50 Å². The molecule has 1 atom stereocenters. The average Bonchev–Trinajstić information content (AvgIpc) is 2.40. The summed E-state index contributed by atoms with van der Waals surface area (Å²) >= 11 is 9.25. The Labute approximate surface area is 131 Å². The summed E-state index contributed by atoms with van der Waals surface area (Å²) in [6.07, 6.45) is -4.78. The van der Waals surface area contributed by atoms with Gasteiger partial charge in [0.2, 0.25) is 0 Å². The van der Waals surface area contributed by atoms with Crippen molar-refractivity contribution in [3.8, 4) is 0 Å². The highest BCUT2D eigenvalue weighted by molar-refractivity contribution is 9.10. The molecule has 0 saturated carbocycles. The summed E-state index contributed by atoms with van der Waals surface area (Å²) in [6, 6.07) is 6.66. The van der Waals surface area contributed by atoms with Crippen LogP contribution in [-0.2, 0) is 6.18 Å². The molecule has 0 saturated heterocycles. The second kappa shape index (κ2) is 5.94. The molecule has 0 aliphatic carbocycles. The van der Waals surface area contributed by atoms with Crippen molar-refractivity contribution in [2.75, 3.05) is 0 Å². The average molecular weight is 383 g/mol. The molecular weight excluding hydrogens is 374 g/mol. The molecule has 0 amide bonds. The molecule has 0 radical (unpaired) electrons. The molecule has 7 heteroatoms. The Kier molecular flexibility index (Phi) is 4.60. The van der Waals surface area contributed by atoms with Crippen molar-refractivity contribution in [1.29, 1.82) is 0 Å². The zero-order valence-corrected chi connectivity index (χ0v) is 12.7. The fraction of sp³-hybridized carbons (Fsp3) is 0.143. The lowest BCUT2D eigenvalue weighted by molar-refractivity contribution is -0.140. The van der Waals surface area contributed by atoms with Gasteiger partial charge < -0.3 is 5.73 Å². The van der Waals surface area contributed by atoms with Gasteiger partial charge in [0.05, 0.1) is 11.6 Å². The summed E-state index contributed by atoms with van der Waals surface area (Å²) in [5.74, 6) is -1.33. The van der Waals surface area contributed by atoms with Crippen LogP contribution in [0.5, 0.6) is 0 Å². The fourth-order valence-electron chi connectivity index (χ4n) is 1.89. The van der Waals surface area contributed by atoms with Crippen LogP contribution in [0.4, 0.5) is 17.6 Å². The predicted molar refractivity (Wildman–Crippen MR) is 76.6 cm³/mol. The normalized spacial score (nSPS) is 13.3. The van der Waals surface area contributed by atoms with Gasteiger partial charge in [-0.15, -0.1) is 0 Å². The minimum absolute atomic E-state index is 0.128. The maximum Gasteiger partial charge on any atom is 0.419 e. The van der Waals surface area contributed by atoms with Crippen LogP contribution < -0.4 is 5.73 Å². The maximum atomic E-state index is 13.3. The van der Waals surface area contributed by atoms with Gasteiger partial charge in [0.1, 0.15) is 5.82 Å². The van der Waals surface area contributed by atoms with Gasteiger partial charge in [-0.05, 0) is 41.5 Å². The standard InChI is InChI=1S/C14H9BrClF4N/c15-8-2-3-11(16)9(6-8)13(21)7-1-4-12(17)10(5-7)14(18,19)20/h1-6,13H,21H2. The first kappa shape index (κ1) is 16.3. The summed E-state index contributed by atoms with van der Waals surface area (Å²) in [6.45, 7) is 0. The molecule has 0 aliphatic rings. The van der Waals surface area contributed by atoms with Crippen LogP contribution in [0.1, 0.15) is 22.7 Å². The van der Waals surface area contributed by atoms with Crippen LogP contribution >= 0.6 is 27.5 Å². The smallest absolute Gasteiger partial charge is 0.320 e. The van der Waals surface area contributed by atoms with Gasteiger partial charge in [-0.25, -0.2) is 4.39 Å². The minimum atomic E-state index is -4.78. The highest BCUT2D eigenvalue weighted by Crippen LogP contribution is 2.35. The van der Waals surface area contributed by atoms with Gasteiger partial charge in [-0.3, -0.25) is 0 Å². The topological polar surface area (TPSA) is 26.0 Å². The molecule has 112 valence electrons. The summed E-state index contributed by atoms with van der Waals surface area (Å²) < 4.78 is 52.1. The number of alkyl halides is 3. The summed E-state index contributed by atoms with van der Waals surface area (Å²) in [5, 5.41) is 0.323. The summed E-state index contributed by atoms with van der Waals surface area (Å²) in [5.41, 5.74) is 5.19. The fourth-order valence-corrected chi connectivity index (χ4v) is 2.50. The second-order valence-electron chi connectivity index (χ2n) is 4.38. The van der Waals surface area contributed by atoms with E-state index in [1.54, 1.807) is 18.2 Å². The number of nitrogens with two attached hydrogens (primary N) is 1. The first-order valence-electron chi connectivity index (χ1n) is 5.77. The lowest BCUT2D eigenvalue weighted by Gasteiger charge is -2.17. The van der Waals surface area contributed by atoms with Gasteiger partial charge >= 0.3 is 6.18 Å². The number of halogens is 6. The quantitative estimate of drug-likeness (QED) is 0.700. The highest BCUT2D eigenvalue weighted by Gasteiger charge is 2.34. The molecule has 2 aromatic rings. The van der Waals surface area contributed by atoms with E-state index in [1.165, 1.54) is 6.07 Å². The van der Waals surface area contributed by atoms with Crippen LogP contribution in [0.3, 0.4) is 0 Å². The molecule has 2 aromatic carbocycles. The van der Waals surface area contributed by atoms with Crippen molar-refractivity contribution in [2.24, 2.45) is 5.73 Å². The number of hydrogen-bond acceptors (Lipinski definition) is 1. The van der Waals surface area contributed by atoms with Crippen LogP contribution in [0, 0.1) is 5.82 Å². The van der Waals surface area contributed by atoms with Crippen LogP contribution in [0.25, 0.3) is 0 Å². The number of hydrogen-bond donors (Lipinski definition) is 1. The molecule has 0 bridgehead atoms. The molecule has 0 aromatic heterocycles. The van der Waals surface area contributed by atoms with Crippen molar-refractivity contribution >= 4 is 27.5 Å². The monoisotopic (exact) mass is 381 g/mol. The van der Waals surface area contributed by atoms with Crippen molar-refractivity contribution in [3.05, 3.63) is 68.4 Å². The number of rotatable bonds is 2. The van der Waals surface area contributed by atoms with E-state index in [0.29, 0.717) is 21.1 Å². The highest BCUT2D eigenvalue weighted by atomic mass is 79.9. The first-order valence-corrected chi connectivity index (χ1v) is 6.94. The van der Waals surface area contributed by atoms with Crippen molar-refractivity contribution in [3.63, 3.8) is 0 Å². The minimum Gasteiger partial charge on any atom is -0.320 e. The number of benzene rings is 2. The predicted octanol–water partition coefficient (Wildman–Crippen LogP) is 5.31. The molecule has 1 nitrogen and oxygen atoms in total. The van der Waals surface area contributed by atoms with Gasteiger partial charge in [0.25, 0.3) is 0 Å². The first-order chi connectivity index (χ1) is 9.70. The molecule has 2 N–H and O–H groups in total. The molecule has 0 heterocycles. The van der Waals surface area contributed by atoms with Crippen LogP contribution in [-0.4, -0.2) is 0 Å². The van der Waals surface area contributed by atoms with E-state index in [0.717, 1.165) is 6.07 Å².